The van der Waals surface area contributed by atoms with Crippen molar-refractivity contribution in [2.75, 3.05) is 0 Å². The van der Waals surface area contributed by atoms with E-state index in [4.69, 9.17) is 4.74 Å². The Morgan fingerprint density at radius 2 is 2.00 bits per heavy atom. The first-order chi connectivity index (χ1) is 9.33. The molecule has 0 unspecified atom stereocenters. The maximum Gasteiger partial charge on any atom is 0.407 e. The molecule has 1 amide bonds. The van der Waals surface area contributed by atoms with Crippen molar-refractivity contribution in [2.24, 2.45) is 5.41 Å². The van der Waals surface area contributed by atoms with Gasteiger partial charge in [0.05, 0.1) is 5.60 Å². The van der Waals surface area contributed by atoms with Crippen molar-refractivity contribution in [3.63, 3.8) is 0 Å². The number of ether oxygens (including phenoxy) is 1. The van der Waals surface area contributed by atoms with Gasteiger partial charge in [0.1, 0.15) is 6.61 Å². The monoisotopic (exact) mass is 277 g/mol. The van der Waals surface area contributed by atoms with Crippen LogP contribution in [0.15, 0.2) is 30.3 Å². The van der Waals surface area contributed by atoms with E-state index in [2.05, 4.69) is 5.32 Å². The molecule has 0 bridgehead atoms. The predicted molar refractivity (Wildman–Crippen MR) is 77.2 cm³/mol. The summed E-state index contributed by atoms with van der Waals surface area (Å²) in [6.45, 7) is 6.03. The van der Waals surface area contributed by atoms with Crippen molar-refractivity contribution >= 4 is 6.09 Å². The number of rotatable bonds is 3. The molecule has 0 spiro atoms. The van der Waals surface area contributed by atoms with Crippen LogP contribution in [0.1, 0.15) is 39.2 Å². The molecular formula is C16H23NO3. The first-order valence-corrected chi connectivity index (χ1v) is 7.02. The Hall–Kier alpha value is -1.55. The van der Waals surface area contributed by atoms with E-state index in [0.717, 1.165) is 12.0 Å². The summed E-state index contributed by atoms with van der Waals surface area (Å²) in [6.07, 6.45) is 1.02. The standard InChI is InChI=1S/C16H23NO3/c1-15(2)13(9-10-16(15,3)19)17-14(18)20-11-12-7-5-4-6-8-12/h4-8,13,19H,9-11H2,1-3H3,(H,17,18)/t13-,16+/m1/s1. The molecule has 0 aliphatic heterocycles. The Labute approximate surface area is 120 Å². The van der Waals surface area contributed by atoms with E-state index >= 15 is 0 Å². The SMILES string of the molecule is CC1(C)[C@H](NC(=O)OCc2ccccc2)CC[C@]1(C)O. The smallest absolute Gasteiger partial charge is 0.407 e. The van der Waals surface area contributed by atoms with Crippen LogP contribution in [-0.2, 0) is 11.3 Å². The second kappa shape index (κ2) is 5.44. The third-order valence-corrected chi connectivity index (χ3v) is 4.68. The molecule has 1 aliphatic carbocycles. The molecule has 20 heavy (non-hydrogen) atoms. The highest BCUT2D eigenvalue weighted by Crippen LogP contribution is 2.45. The molecule has 1 aliphatic rings. The number of amides is 1. The minimum absolute atomic E-state index is 0.0687. The Morgan fingerprint density at radius 3 is 2.55 bits per heavy atom. The average molecular weight is 277 g/mol. The lowest BCUT2D eigenvalue weighted by molar-refractivity contribution is -0.0343. The highest BCUT2D eigenvalue weighted by atomic mass is 16.5. The summed E-state index contributed by atoms with van der Waals surface area (Å²) in [5.74, 6) is 0. The lowest BCUT2D eigenvalue weighted by atomic mass is 9.77. The number of benzene rings is 1. The number of carbonyl (C=O) groups is 1. The maximum absolute atomic E-state index is 11.9. The van der Waals surface area contributed by atoms with Gasteiger partial charge in [-0.1, -0.05) is 44.2 Å². The van der Waals surface area contributed by atoms with Gasteiger partial charge in [0.2, 0.25) is 0 Å². The first kappa shape index (κ1) is 14.9. The summed E-state index contributed by atoms with van der Waals surface area (Å²) < 4.78 is 5.22. The summed E-state index contributed by atoms with van der Waals surface area (Å²) >= 11 is 0. The minimum Gasteiger partial charge on any atom is -0.445 e. The molecule has 110 valence electrons. The number of nitrogens with one attached hydrogen (secondary N) is 1. The Kier molecular flexibility index (Phi) is 4.04. The largest absolute Gasteiger partial charge is 0.445 e. The van der Waals surface area contributed by atoms with Crippen LogP contribution >= 0.6 is 0 Å². The van der Waals surface area contributed by atoms with E-state index in [1.165, 1.54) is 0 Å². The maximum atomic E-state index is 11.9. The van der Waals surface area contributed by atoms with E-state index in [0.29, 0.717) is 6.42 Å². The van der Waals surface area contributed by atoms with Crippen LogP contribution in [0.5, 0.6) is 0 Å². The topological polar surface area (TPSA) is 58.6 Å². The molecule has 2 rings (SSSR count). The highest BCUT2D eigenvalue weighted by molar-refractivity contribution is 5.67. The molecular weight excluding hydrogens is 254 g/mol. The molecule has 1 aromatic carbocycles. The van der Waals surface area contributed by atoms with Crippen LogP contribution in [-0.4, -0.2) is 22.8 Å². The second-order valence-corrected chi connectivity index (χ2v) is 6.29. The summed E-state index contributed by atoms with van der Waals surface area (Å²) in [5, 5.41) is 13.2. The molecule has 1 fully saturated rings. The van der Waals surface area contributed by atoms with Crippen LogP contribution in [0.25, 0.3) is 0 Å². The van der Waals surface area contributed by atoms with E-state index in [-0.39, 0.29) is 18.1 Å². The van der Waals surface area contributed by atoms with Crippen molar-refractivity contribution in [2.45, 2.75) is 51.9 Å². The number of hydrogen-bond donors (Lipinski definition) is 2. The van der Waals surface area contributed by atoms with Crippen LogP contribution in [0.3, 0.4) is 0 Å². The fourth-order valence-corrected chi connectivity index (χ4v) is 2.64. The van der Waals surface area contributed by atoms with Crippen LogP contribution in [0.2, 0.25) is 0 Å². The predicted octanol–water partition coefficient (Wildman–Crippen LogP) is 2.85. The molecule has 4 nitrogen and oxygen atoms in total. The molecule has 0 saturated heterocycles. The third kappa shape index (κ3) is 2.96. The second-order valence-electron chi connectivity index (χ2n) is 6.29. The Bertz CT molecular complexity index is 468. The van der Waals surface area contributed by atoms with Gasteiger partial charge in [-0.05, 0) is 25.3 Å². The lowest BCUT2D eigenvalue weighted by Gasteiger charge is -2.37. The minimum atomic E-state index is -0.760. The lowest BCUT2D eigenvalue weighted by Crippen LogP contribution is -2.49. The van der Waals surface area contributed by atoms with E-state index in [1.807, 2.05) is 51.1 Å². The van der Waals surface area contributed by atoms with Gasteiger partial charge in [-0.2, -0.15) is 0 Å². The summed E-state index contributed by atoms with van der Waals surface area (Å²) in [5.41, 5.74) is -0.163. The van der Waals surface area contributed by atoms with E-state index in [9.17, 15) is 9.90 Å². The molecule has 1 saturated carbocycles. The molecule has 4 heteroatoms. The van der Waals surface area contributed by atoms with Crippen LogP contribution < -0.4 is 5.32 Å². The zero-order chi connectivity index (χ0) is 14.8. The number of hydrogen-bond acceptors (Lipinski definition) is 3. The Balaban J connectivity index is 1.87. The quantitative estimate of drug-likeness (QED) is 0.893. The average Bonchev–Trinajstić information content (AvgIpc) is 2.60. The van der Waals surface area contributed by atoms with Crippen LogP contribution in [0, 0.1) is 5.41 Å². The van der Waals surface area contributed by atoms with Gasteiger partial charge in [0.15, 0.2) is 0 Å². The van der Waals surface area contributed by atoms with Gasteiger partial charge in [-0.3, -0.25) is 0 Å². The summed E-state index contributed by atoms with van der Waals surface area (Å²) in [4.78, 5) is 11.9. The zero-order valence-electron chi connectivity index (χ0n) is 12.3. The van der Waals surface area contributed by atoms with Crippen molar-refractivity contribution in [3.8, 4) is 0 Å². The van der Waals surface area contributed by atoms with Gasteiger partial charge < -0.3 is 15.2 Å². The molecule has 0 radical (unpaired) electrons. The fraction of sp³-hybridized carbons (Fsp3) is 0.562. The van der Waals surface area contributed by atoms with Gasteiger partial charge in [0, 0.05) is 11.5 Å². The molecule has 0 aromatic heterocycles. The van der Waals surface area contributed by atoms with Crippen molar-refractivity contribution in [1.29, 1.82) is 0 Å². The summed E-state index contributed by atoms with van der Waals surface area (Å²) in [6, 6.07) is 9.50. The van der Waals surface area contributed by atoms with Crippen LogP contribution in [0.4, 0.5) is 4.79 Å². The number of carbonyl (C=O) groups excluding carboxylic acids is 1. The highest BCUT2D eigenvalue weighted by Gasteiger charge is 2.51. The third-order valence-electron chi connectivity index (χ3n) is 4.68. The first-order valence-electron chi connectivity index (χ1n) is 7.02. The van der Waals surface area contributed by atoms with Gasteiger partial charge >= 0.3 is 6.09 Å². The number of aliphatic hydroxyl groups is 1. The molecule has 2 N–H and O–H groups in total. The van der Waals surface area contributed by atoms with Gasteiger partial charge in [0.25, 0.3) is 0 Å². The normalized spacial score (nSPS) is 28.1. The van der Waals surface area contributed by atoms with Crippen molar-refractivity contribution in [1.82, 2.24) is 5.32 Å². The molecule has 0 heterocycles. The molecule has 2 atom stereocenters. The van der Waals surface area contributed by atoms with E-state index in [1.54, 1.807) is 0 Å². The number of alkyl carbamates (subject to hydrolysis) is 1. The van der Waals surface area contributed by atoms with Gasteiger partial charge in [-0.25, -0.2) is 4.79 Å². The zero-order valence-corrected chi connectivity index (χ0v) is 12.3. The van der Waals surface area contributed by atoms with Crippen molar-refractivity contribution in [3.05, 3.63) is 35.9 Å². The van der Waals surface area contributed by atoms with Crippen molar-refractivity contribution < 1.29 is 14.6 Å². The Morgan fingerprint density at radius 1 is 1.35 bits per heavy atom. The van der Waals surface area contributed by atoms with E-state index < -0.39 is 11.7 Å². The molecule has 1 aromatic rings. The van der Waals surface area contributed by atoms with Gasteiger partial charge in [-0.15, -0.1) is 0 Å². The fourth-order valence-electron chi connectivity index (χ4n) is 2.64. The summed E-state index contributed by atoms with van der Waals surface area (Å²) in [7, 11) is 0.